The smallest absolute Gasteiger partial charge is 0.328 e. The Morgan fingerprint density at radius 2 is 0.803 bits per heavy atom. The third-order valence-electron chi connectivity index (χ3n) is 18.7. The van der Waals surface area contributed by atoms with Gasteiger partial charge in [0.15, 0.2) is 0 Å². The average Bonchev–Trinajstić information content (AvgIpc) is 1.75. The Hall–Kier alpha value is -10.1. The molecule has 0 unspecified atom stereocenters. The molecular weight excluding hydrogens is 1500 g/mol. The van der Waals surface area contributed by atoms with E-state index in [2.05, 4.69) is 197 Å². The minimum absolute atomic E-state index is 0.0140. The summed E-state index contributed by atoms with van der Waals surface area (Å²) in [5, 5.41) is 39.7. The summed E-state index contributed by atoms with van der Waals surface area (Å²) in [7, 11) is 0. The van der Waals surface area contributed by atoms with Crippen LogP contribution in [0.1, 0.15) is 251 Å². The van der Waals surface area contributed by atoms with Crippen LogP contribution in [0.4, 0.5) is 4.39 Å². The van der Waals surface area contributed by atoms with E-state index in [1.54, 1.807) is 62.5 Å². The molecule has 7 aromatic rings. The number of ether oxygens (including phenoxy) is 4. The second-order valence-electron chi connectivity index (χ2n) is 32.2. The molecule has 0 atom stereocenters. The van der Waals surface area contributed by atoms with Gasteiger partial charge in [0.25, 0.3) is 0 Å². The number of carboxylic acids is 4. The van der Waals surface area contributed by atoms with Crippen LogP contribution >= 0.6 is 22.7 Å². The molecule has 630 valence electrons. The van der Waals surface area contributed by atoms with E-state index in [0.29, 0.717) is 55.1 Å². The van der Waals surface area contributed by atoms with E-state index in [0.717, 1.165) is 146 Å². The van der Waals surface area contributed by atoms with Gasteiger partial charge >= 0.3 is 23.9 Å². The summed E-state index contributed by atoms with van der Waals surface area (Å²) in [4.78, 5) is 45.4. The Bertz CT molecular complexity index is 4730. The minimum Gasteiger partial charge on any atom is -0.493 e. The van der Waals surface area contributed by atoms with Crippen LogP contribution < -0.4 is 18.9 Å². The summed E-state index contributed by atoms with van der Waals surface area (Å²) in [5.41, 5.74) is 22.2. The van der Waals surface area contributed by atoms with Crippen LogP contribution in [0.25, 0.3) is 56.7 Å². The summed E-state index contributed by atoms with van der Waals surface area (Å²) in [5.74, 6) is -0.102. The molecule has 5 aromatic carbocycles. The third kappa shape index (κ3) is 33.4. The number of thiophene rings is 2. The van der Waals surface area contributed by atoms with Gasteiger partial charge in [-0.1, -0.05) is 221 Å². The van der Waals surface area contributed by atoms with Crippen LogP contribution in [-0.2, 0) is 61.1 Å². The van der Waals surface area contributed by atoms with E-state index in [4.69, 9.17) is 39.4 Å². The lowest BCUT2D eigenvalue weighted by molar-refractivity contribution is -0.132. The predicted molar refractivity (Wildman–Crippen MR) is 493 cm³/mol. The number of unbranched alkanes of at least 4 members (excludes halogenated alkanes) is 1. The zero-order chi connectivity index (χ0) is 87.2. The Balaban J connectivity index is 0.000000329. The maximum Gasteiger partial charge on any atom is 0.328 e. The van der Waals surface area contributed by atoms with Crippen molar-refractivity contribution in [1.29, 1.82) is 0 Å². The number of alkyl halides is 1. The fourth-order valence-corrected chi connectivity index (χ4v) is 14.0. The van der Waals surface area contributed by atoms with Crippen molar-refractivity contribution >= 4 is 69.8 Å². The first-order valence-corrected chi connectivity index (χ1v) is 42.8. The van der Waals surface area contributed by atoms with Crippen LogP contribution in [0.15, 0.2) is 197 Å². The second kappa shape index (κ2) is 49.9. The highest BCUT2D eigenvalue weighted by Gasteiger charge is 2.27. The highest BCUT2D eigenvalue weighted by Crippen LogP contribution is 2.46. The summed E-state index contributed by atoms with van der Waals surface area (Å²) < 4.78 is 37.7. The summed E-state index contributed by atoms with van der Waals surface area (Å²) in [6, 6.07) is 32.1. The van der Waals surface area contributed by atoms with Crippen molar-refractivity contribution in [2.75, 3.05) is 33.1 Å². The maximum absolute atomic E-state index is 12.8. The molecule has 15 heteroatoms. The molecule has 0 bridgehead atoms. The van der Waals surface area contributed by atoms with Crippen molar-refractivity contribution in [1.82, 2.24) is 0 Å². The molecule has 0 aliphatic heterocycles. The highest BCUT2D eigenvalue weighted by molar-refractivity contribution is 7.11. The molecule has 0 aliphatic carbocycles. The molecule has 4 N–H and O–H groups in total. The number of halogens is 1. The molecule has 0 saturated heterocycles. The zero-order valence-corrected chi connectivity index (χ0v) is 75.4. The van der Waals surface area contributed by atoms with Crippen molar-refractivity contribution in [2.45, 2.75) is 233 Å². The van der Waals surface area contributed by atoms with Gasteiger partial charge in [-0.05, 0) is 235 Å². The fraction of sp³-hybridized carbons (Fsp3) is 0.392. The molecule has 7 rings (SSSR count). The number of benzene rings is 5. The number of hydrogen-bond acceptors (Lipinski definition) is 10. The molecule has 12 nitrogen and oxygen atoms in total. The summed E-state index contributed by atoms with van der Waals surface area (Å²) in [6.07, 6.45) is 33.0. The molecule has 2 heterocycles. The summed E-state index contributed by atoms with van der Waals surface area (Å²) in [6.45, 7) is 48.3. The minimum atomic E-state index is -0.967. The maximum atomic E-state index is 12.8. The molecule has 0 spiro atoms. The normalized spacial score (nSPS) is 12.7. The van der Waals surface area contributed by atoms with Gasteiger partial charge in [0, 0.05) is 90.6 Å². The van der Waals surface area contributed by atoms with E-state index in [9.17, 15) is 23.6 Å². The largest absolute Gasteiger partial charge is 0.493 e. The van der Waals surface area contributed by atoms with Crippen LogP contribution in [0, 0.1) is 0 Å². The molecular formula is C102H131FO12S2. The number of allylic oxidation sites excluding steroid dienone is 14. The number of carbonyl (C=O) groups is 4. The van der Waals surface area contributed by atoms with E-state index in [1.165, 1.54) is 63.2 Å². The summed E-state index contributed by atoms with van der Waals surface area (Å²) >= 11 is 3.23. The topological polar surface area (TPSA) is 186 Å². The van der Waals surface area contributed by atoms with E-state index < -0.39 is 30.6 Å². The first-order valence-electron chi connectivity index (χ1n) is 41.1. The van der Waals surface area contributed by atoms with E-state index >= 15 is 0 Å². The van der Waals surface area contributed by atoms with Crippen LogP contribution in [0.3, 0.4) is 0 Å². The Labute approximate surface area is 707 Å². The second-order valence-corrected chi connectivity index (χ2v) is 34.1. The number of rotatable bonds is 36. The number of hydrogen-bond donors (Lipinski definition) is 4. The molecule has 0 fully saturated rings. The quantitative estimate of drug-likeness (QED) is 0.0166. The average molecular weight is 1630 g/mol. The Morgan fingerprint density at radius 3 is 1.20 bits per heavy atom. The first-order chi connectivity index (χ1) is 55.4. The predicted octanol–water partition coefficient (Wildman–Crippen LogP) is 28.0. The van der Waals surface area contributed by atoms with E-state index in [1.807, 2.05) is 78.3 Å². The molecule has 0 saturated carbocycles. The van der Waals surface area contributed by atoms with Gasteiger partial charge in [-0.25, -0.2) is 19.2 Å². The fourth-order valence-electron chi connectivity index (χ4n) is 12.4. The number of carboxylic acid groups (broad SMARTS) is 4. The monoisotopic (exact) mass is 1630 g/mol. The highest BCUT2D eigenvalue weighted by atomic mass is 32.1. The Morgan fingerprint density at radius 1 is 0.410 bits per heavy atom. The SMILES string of the molecule is CCCCOc1c(\C(C)=C/C=C/C(C)=C/C(=O)O)cc(CC)cc1C(C)(C)C.CCCOc1c(CCC)cc(C(C)(C)C)cc1-c1ccsc1/C=C/C(C)=C/C(=O)O.CCCOc1c(\C(C)=C/C=C/C(C)=C/C(=O)O)cc(CC)cc1C(C)(C)C.CCc1cc(-c2ccccc2)c(OCCCF)c(-c2ccsc2/C=C/C(C)=C/C(=O)O)c1. The van der Waals surface area contributed by atoms with Crippen molar-refractivity contribution in [3.05, 3.63) is 257 Å². The lowest BCUT2D eigenvalue weighted by atomic mass is 9.82. The van der Waals surface area contributed by atoms with Crippen LogP contribution in [0.5, 0.6) is 23.0 Å². The van der Waals surface area contributed by atoms with E-state index in [-0.39, 0.29) is 16.2 Å². The number of aryl methyl sites for hydroxylation is 4. The van der Waals surface area contributed by atoms with Gasteiger partial charge < -0.3 is 39.4 Å². The van der Waals surface area contributed by atoms with Gasteiger partial charge in [0.05, 0.1) is 33.1 Å². The van der Waals surface area contributed by atoms with Crippen LogP contribution in [-0.4, -0.2) is 77.4 Å². The lowest BCUT2D eigenvalue weighted by Crippen LogP contribution is -2.16. The van der Waals surface area contributed by atoms with Gasteiger partial charge in [0.1, 0.15) is 23.0 Å². The van der Waals surface area contributed by atoms with Gasteiger partial charge in [0.2, 0.25) is 0 Å². The molecule has 0 aliphatic rings. The Kier molecular flexibility index (Phi) is 42.3. The van der Waals surface area contributed by atoms with Crippen molar-refractivity contribution in [2.24, 2.45) is 0 Å². The molecule has 0 radical (unpaired) electrons. The molecule has 117 heavy (non-hydrogen) atoms. The molecule has 2 aromatic heterocycles. The first kappa shape index (κ1) is 99.3. The zero-order valence-electron chi connectivity index (χ0n) is 73.8. The lowest BCUT2D eigenvalue weighted by Gasteiger charge is -2.26. The van der Waals surface area contributed by atoms with Gasteiger partial charge in [-0.15, -0.1) is 22.7 Å². The van der Waals surface area contributed by atoms with Gasteiger partial charge in [-0.2, -0.15) is 0 Å². The van der Waals surface area contributed by atoms with Crippen LogP contribution in [0.2, 0.25) is 0 Å². The van der Waals surface area contributed by atoms with Crippen molar-refractivity contribution in [3.63, 3.8) is 0 Å². The number of aliphatic carboxylic acids is 4. The standard InChI is InChI=1S/C27H27FO3S.C26H34O3S.C25H36O3.C24H34O3/c1-3-20-17-23(21-8-5-4-6-9-21)27(31-14-7-13-28)24(18-20)22-12-15-32-25(22)11-10-19(2)16-26(29)30;1-7-9-19-16-20(26(4,5)6)17-22(25(19)29-13-8-2)21-12-14-30-23(21)11-10-18(3)15-24(27)28;1-8-10-14-28-24-21(16-20(9-2)17-22(24)25(5,6)7)19(4)13-11-12-18(3)15-23(26)27;1-8-13-27-23-20(15-19(9-2)16-21(23)24(5,6)7)18(4)12-10-11-17(3)14-22(25)26/h4-6,8-12,15-18H,3,7,13-14H2,1-2H3,(H,29,30);10-12,14-17H,7-9,13H2,1-6H3,(H,27,28);11-13,15-17H,8-10,14H2,1-7H3,(H,26,27);10-12,14-16H,8-9,13H2,1-7H3,(H,25,26)/b11-10+,19-16+;11-10+,18-15+;12-11+,18-15+,19-13-;11-10+,17-14+,18-12-. The third-order valence-corrected chi connectivity index (χ3v) is 20.5. The van der Waals surface area contributed by atoms with Gasteiger partial charge in [-0.3, -0.25) is 4.39 Å². The van der Waals surface area contributed by atoms with Crippen molar-refractivity contribution < 1.29 is 62.9 Å². The molecule has 0 amide bonds. The van der Waals surface area contributed by atoms with Crippen molar-refractivity contribution in [3.8, 4) is 56.4 Å².